The van der Waals surface area contributed by atoms with Gasteiger partial charge in [-0.3, -0.25) is 5.32 Å². The molecule has 18 heteroatoms. The van der Waals surface area contributed by atoms with E-state index in [1.165, 1.54) is 0 Å². The van der Waals surface area contributed by atoms with E-state index in [0.29, 0.717) is 54.4 Å². The van der Waals surface area contributed by atoms with Gasteiger partial charge in [0.25, 0.3) is 5.96 Å². The second-order valence-electron chi connectivity index (χ2n) is 9.80. The van der Waals surface area contributed by atoms with Crippen LogP contribution in [0.4, 0.5) is 10.6 Å². The van der Waals surface area contributed by atoms with Crippen LogP contribution in [-0.4, -0.2) is 78.0 Å². The number of anilines is 1. The number of hydrazone groups is 1. The molecule has 0 atom stereocenters. The summed E-state index contributed by atoms with van der Waals surface area (Å²) in [5.74, 6) is 0.974. The van der Waals surface area contributed by atoms with Gasteiger partial charge in [0.05, 0.1) is 12.3 Å². The van der Waals surface area contributed by atoms with E-state index in [2.05, 4.69) is 58.4 Å². The first-order chi connectivity index (χ1) is 22.9. The third kappa shape index (κ3) is 11.6. The summed E-state index contributed by atoms with van der Waals surface area (Å²) in [6, 6.07) is 18.1. The number of pyridine rings is 2. The number of hydrogen-bond donors (Lipinski definition) is 3. The highest BCUT2D eigenvalue weighted by molar-refractivity contribution is 6.29. The molecule has 0 saturated carbocycles. The van der Waals surface area contributed by atoms with Crippen molar-refractivity contribution in [1.29, 1.82) is 0 Å². The van der Waals surface area contributed by atoms with Gasteiger partial charge in [-0.1, -0.05) is 79.0 Å². The van der Waals surface area contributed by atoms with Gasteiger partial charge in [0.1, 0.15) is 16.1 Å². The first-order valence-corrected chi connectivity index (χ1v) is 15.0. The van der Waals surface area contributed by atoms with Gasteiger partial charge in [-0.25, -0.2) is 24.9 Å². The lowest BCUT2D eigenvalue weighted by molar-refractivity contribution is -0.485. The SMILES string of the molecule is CCCCCOC(=O)Nc1cccc(CO/N=C(\c2ccccc2)c2nn[nH]n2)n1.O=[N+]([O-])/N=C1\NCCN1Cc1ccc(Cl)nc1. The number of carbonyl (C=O) groups is 1. The zero-order chi connectivity index (χ0) is 33.3. The zero-order valence-electron chi connectivity index (χ0n) is 25.5. The molecule has 1 aromatic carbocycles. The number of nitrogens with one attached hydrogen (secondary N) is 3. The van der Waals surface area contributed by atoms with Gasteiger partial charge in [-0.15, -0.1) is 10.2 Å². The summed E-state index contributed by atoms with van der Waals surface area (Å²) in [5, 5.41) is 36.8. The molecule has 4 heterocycles. The highest BCUT2D eigenvalue weighted by Crippen LogP contribution is 2.11. The molecule has 3 aromatic heterocycles. The molecule has 1 fully saturated rings. The number of benzene rings is 1. The standard InChI is InChI=1S/C20H23N7O3.C9H10ClN5O2/c1-2-3-7-13-29-20(28)22-17-12-8-11-16(21-17)14-30-25-18(19-23-26-27-24-19)15-9-5-4-6-10-15;10-8-2-1-7(5-12-8)6-14-4-3-11-9(14)13-15(16)17/h4-6,8-12H,2-3,7,13-14H2,1H3,(H,21,22,28)(H,23,24,26,27);1-2,5H,3-4,6H2,(H,11,13)/b25-18+;. The number of ether oxygens (including phenoxy) is 1. The Morgan fingerprint density at radius 2 is 2.00 bits per heavy atom. The number of guanidine groups is 1. The minimum absolute atomic E-state index is 0.0925. The van der Waals surface area contributed by atoms with E-state index in [-0.39, 0.29) is 12.6 Å². The van der Waals surface area contributed by atoms with Gasteiger partial charge in [0, 0.05) is 31.4 Å². The molecule has 0 spiro atoms. The number of aromatic amines is 1. The molecule has 0 radical (unpaired) electrons. The van der Waals surface area contributed by atoms with Crippen molar-refractivity contribution in [1.82, 2.24) is 40.8 Å². The van der Waals surface area contributed by atoms with Crippen LogP contribution in [0.3, 0.4) is 0 Å². The molecule has 17 nitrogen and oxygen atoms in total. The molecule has 47 heavy (non-hydrogen) atoms. The van der Waals surface area contributed by atoms with Crippen LogP contribution in [0, 0.1) is 10.1 Å². The average molecular weight is 665 g/mol. The number of H-pyrrole nitrogens is 1. The van der Waals surface area contributed by atoms with E-state index >= 15 is 0 Å². The van der Waals surface area contributed by atoms with Crippen LogP contribution in [0.2, 0.25) is 5.15 Å². The second-order valence-corrected chi connectivity index (χ2v) is 10.2. The Morgan fingerprint density at radius 3 is 2.72 bits per heavy atom. The third-order valence-corrected chi connectivity index (χ3v) is 6.52. The molecule has 0 bridgehead atoms. The fourth-order valence-corrected chi connectivity index (χ4v) is 4.21. The Kier molecular flexibility index (Phi) is 13.3. The number of hydrogen-bond acceptors (Lipinski definition) is 11. The average Bonchev–Trinajstić information content (AvgIpc) is 3.76. The fourth-order valence-electron chi connectivity index (χ4n) is 4.10. The predicted molar refractivity (Wildman–Crippen MR) is 172 cm³/mol. The Balaban J connectivity index is 0.000000248. The number of halogens is 1. The normalized spacial score (nSPS) is 13.4. The lowest BCUT2D eigenvalue weighted by Crippen LogP contribution is -2.30. The van der Waals surface area contributed by atoms with Crippen molar-refractivity contribution >= 4 is 35.2 Å². The first-order valence-electron chi connectivity index (χ1n) is 14.6. The van der Waals surface area contributed by atoms with Crippen molar-refractivity contribution in [3.05, 3.63) is 105 Å². The molecule has 5 rings (SSSR count). The highest BCUT2D eigenvalue weighted by atomic mass is 35.5. The van der Waals surface area contributed by atoms with Crippen LogP contribution < -0.4 is 10.6 Å². The fraction of sp³-hybridized carbons (Fsp3) is 0.310. The largest absolute Gasteiger partial charge is 0.449 e. The van der Waals surface area contributed by atoms with E-state index in [9.17, 15) is 14.9 Å². The maximum atomic E-state index is 11.8. The van der Waals surface area contributed by atoms with E-state index in [1.54, 1.807) is 35.4 Å². The minimum atomic E-state index is -0.708. The molecule has 0 aliphatic carbocycles. The Morgan fingerprint density at radius 1 is 1.15 bits per heavy atom. The van der Waals surface area contributed by atoms with Crippen LogP contribution in [0.1, 0.15) is 48.8 Å². The molecular weight excluding hydrogens is 632 g/mol. The summed E-state index contributed by atoms with van der Waals surface area (Å²) >= 11 is 5.68. The quantitative estimate of drug-likeness (QED) is 0.0609. The molecule has 1 aliphatic heterocycles. The van der Waals surface area contributed by atoms with Crippen molar-refractivity contribution in [2.45, 2.75) is 39.3 Å². The summed E-state index contributed by atoms with van der Waals surface area (Å²) in [5.41, 5.74) is 2.74. The number of nitrogens with zero attached hydrogens (tertiary/aromatic N) is 9. The predicted octanol–water partition coefficient (Wildman–Crippen LogP) is 3.99. The van der Waals surface area contributed by atoms with Crippen LogP contribution in [0.5, 0.6) is 0 Å². The summed E-state index contributed by atoms with van der Waals surface area (Å²) in [6.07, 6.45) is 4.04. The highest BCUT2D eigenvalue weighted by Gasteiger charge is 2.21. The van der Waals surface area contributed by atoms with Crippen molar-refractivity contribution in [2.75, 3.05) is 25.0 Å². The van der Waals surface area contributed by atoms with Crippen molar-refractivity contribution in [3.8, 4) is 0 Å². The summed E-state index contributed by atoms with van der Waals surface area (Å²) < 4.78 is 5.12. The zero-order valence-corrected chi connectivity index (χ0v) is 26.2. The Bertz CT molecular complexity index is 1620. The maximum absolute atomic E-state index is 11.8. The number of tetrazole rings is 1. The number of rotatable bonds is 13. The Hall–Kier alpha value is -5.71. The van der Waals surface area contributed by atoms with Gasteiger partial charge in [-0.05, 0) is 35.4 Å². The summed E-state index contributed by atoms with van der Waals surface area (Å²) in [7, 11) is 0. The number of nitro groups is 1. The van der Waals surface area contributed by atoms with Gasteiger partial charge in [-0.2, -0.15) is 5.21 Å². The van der Waals surface area contributed by atoms with Gasteiger partial charge in [0.15, 0.2) is 17.4 Å². The molecule has 4 aromatic rings. The number of amides is 1. The van der Waals surface area contributed by atoms with Crippen LogP contribution in [0.25, 0.3) is 0 Å². The van der Waals surface area contributed by atoms with Gasteiger partial charge in [0.2, 0.25) is 5.82 Å². The molecule has 3 N–H and O–H groups in total. The molecule has 246 valence electrons. The lowest BCUT2D eigenvalue weighted by atomic mass is 10.1. The molecule has 0 unspecified atom stereocenters. The number of aromatic nitrogens is 6. The first kappa shape index (κ1) is 34.2. The van der Waals surface area contributed by atoms with Crippen molar-refractivity contribution in [3.63, 3.8) is 0 Å². The smallest absolute Gasteiger partial charge is 0.412 e. The van der Waals surface area contributed by atoms with E-state index in [4.69, 9.17) is 21.2 Å². The second kappa shape index (κ2) is 18.3. The summed E-state index contributed by atoms with van der Waals surface area (Å²) in [6.45, 7) is 4.41. The van der Waals surface area contributed by atoms with Crippen LogP contribution >= 0.6 is 11.6 Å². The number of carbonyl (C=O) groups excluding carboxylic acids is 1. The monoisotopic (exact) mass is 664 g/mol. The number of unbranched alkanes of at least 4 members (excludes halogenated alkanes) is 2. The third-order valence-electron chi connectivity index (χ3n) is 6.29. The van der Waals surface area contributed by atoms with Gasteiger partial charge >= 0.3 is 6.09 Å². The topological polar surface area (TPSA) is 211 Å². The Labute approximate surface area is 274 Å². The minimum Gasteiger partial charge on any atom is -0.449 e. The van der Waals surface area contributed by atoms with Gasteiger partial charge < -0.3 is 19.8 Å². The maximum Gasteiger partial charge on any atom is 0.412 e. The van der Waals surface area contributed by atoms with E-state index < -0.39 is 11.1 Å². The summed E-state index contributed by atoms with van der Waals surface area (Å²) in [4.78, 5) is 37.7. The van der Waals surface area contributed by atoms with E-state index in [0.717, 1.165) is 30.4 Å². The lowest BCUT2D eigenvalue weighted by Gasteiger charge is -2.14. The molecule has 1 aliphatic rings. The van der Waals surface area contributed by atoms with Crippen LogP contribution in [-0.2, 0) is 22.7 Å². The molecule has 1 amide bonds. The molecule has 1 saturated heterocycles. The van der Waals surface area contributed by atoms with Crippen LogP contribution in [0.15, 0.2) is 77.1 Å². The van der Waals surface area contributed by atoms with Crippen molar-refractivity contribution < 1.29 is 19.4 Å². The molecular formula is C29H33ClN12O5. The number of oxime groups is 1. The van der Waals surface area contributed by atoms with E-state index in [1.807, 2.05) is 36.4 Å². The van der Waals surface area contributed by atoms with Crippen molar-refractivity contribution in [2.24, 2.45) is 10.3 Å².